The Morgan fingerprint density at radius 1 is 1.50 bits per heavy atom. The third-order valence-corrected chi connectivity index (χ3v) is 3.00. The zero-order chi connectivity index (χ0) is 10.1. The third kappa shape index (κ3) is 1.31. The van der Waals surface area contributed by atoms with Crippen LogP contribution in [0.15, 0.2) is 12.2 Å². The first-order valence-electron chi connectivity index (χ1n) is 4.77. The van der Waals surface area contributed by atoms with E-state index in [1.807, 2.05) is 12.2 Å². The van der Waals surface area contributed by atoms with E-state index in [1.165, 1.54) is 7.11 Å². The van der Waals surface area contributed by atoms with Gasteiger partial charge in [0, 0.05) is 11.8 Å². The number of amides is 1. The first-order valence-corrected chi connectivity index (χ1v) is 4.77. The van der Waals surface area contributed by atoms with E-state index in [9.17, 15) is 9.59 Å². The van der Waals surface area contributed by atoms with Crippen molar-refractivity contribution in [2.24, 2.45) is 11.8 Å². The van der Waals surface area contributed by atoms with Crippen molar-refractivity contribution < 1.29 is 14.3 Å². The summed E-state index contributed by atoms with van der Waals surface area (Å²) in [4.78, 5) is 22.8. The van der Waals surface area contributed by atoms with Crippen molar-refractivity contribution in [1.82, 2.24) is 5.32 Å². The Bertz CT molecular complexity index is 298. The highest BCUT2D eigenvalue weighted by atomic mass is 16.5. The predicted octanol–water partition coefficient (Wildman–Crippen LogP) is 0.240. The fraction of sp³-hybridized carbons (Fsp3) is 0.600. The lowest BCUT2D eigenvalue weighted by atomic mass is 9.82. The molecule has 3 atom stereocenters. The monoisotopic (exact) mass is 195 g/mol. The molecule has 2 rings (SSSR count). The van der Waals surface area contributed by atoms with Crippen LogP contribution in [0.25, 0.3) is 0 Å². The zero-order valence-electron chi connectivity index (χ0n) is 8.03. The maximum absolute atomic E-state index is 11.5. The second-order valence-electron chi connectivity index (χ2n) is 3.72. The fourth-order valence-corrected chi connectivity index (χ4v) is 2.23. The summed E-state index contributed by atoms with van der Waals surface area (Å²) in [6, 6.07) is -0.442. The Kier molecular flexibility index (Phi) is 2.27. The number of allylic oxidation sites excluding steroid dienone is 2. The Morgan fingerprint density at radius 3 is 2.93 bits per heavy atom. The molecule has 1 aliphatic heterocycles. The molecule has 76 valence electrons. The minimum absolute atomic E-state index is 0.0187. The van der Waals surface area contributed by atoms with Crippen LogP contribution in [0, 0.1) is 11.8 Å². The SMILES string of the molecule is COC(=O)C1NC(=O)C2CC=CCC21. The number of hydrogen-bond donors (Lipinski definition) is 1. The molecule has 4 nitrogen and oxygen atoms in total. The summed E-state index contributed by atoms with van der Waals surface area (Å²) < 4.78 is 4.65. The molecule has 0 aromatic rings. The number of methoxy groups -OCH3 is 1. The topological polar surface area (TPSA) is 55.4 Å². The van der Waals surface area contributed by atoms with Crippen molar-refractivity contribution in [2.45, 2.75) is 18.9 Å². The van der Waals surface area contributed by atoms with Gasteiger partial charge in [-0.05, 0) is 12.8 Å². The van der Waals surface area contributed by atoms with Gasteiger partial charge in [0.1, 0.15) is 6.04 Å². The molecule has 0 aromatic carbocycles. The van der Waals surface area contributed by atoms with Gasteiger partial charge >= 0.3 is 5.97 Å². The Hall–Kier alpha value is -1.32. The van der Waals surface area contributed by atoms with Gasteiger partial charge in [-0.25, -0.2) is 4.79 Å². The highest BCUT2D eigenvalue weighted by Crippen LogP contribution is 2.33. The van der Waals surface area contributed by atoms with Crippen LogP contribution in [0.4, 0.5) is 0 Å². The van der Waals surface area contributed by atoms with Crippen molar-refractivity contribution in [1.29, 1.82) is 0 Å². The van der Waals surface area contributed by atoms with Gasteiger partial charge in [-0.15, -0.1) is 0 Å². The van der Waals surface area contributed by atoms with Gasteiger partial charge in [-0.3, -0.25) is 4.79 Å². The van der Waals surface area contributed by atoms with E-state index in [1.54, 1.807) is 0 Å². The number of esters is 1. The number of carbonyl (C=O) groups excluding carboxylic acids is 2. The largest absolute Gasteiger partial charge is 0.467 e. The summed E-state index contributed by atoms with van der Waals surface area (Å²) in [6.45, 7) is 0. The number of rotatable bonds is 1. The Morgan fingerprint density at radius 2 is 2.21 bits per heavy atom. The molecule has 2 aliphatic rings. The van der Waals surface area contributed by atoms with Crippen molar-refractivity contribution in [3.8, 4) is 0 Å². The number of nitrogens with one attached hydrogen (secondary N) is 1. The summed E-state index contributed by atoms with van der Waals surface area (Å²) in [5.74, 6) is -0.306. The van der Waals surface area contributed by atoms with Crippen LogP contribution < -0.4 is 5.32 Å². The van der Waals surface area contributed by atoms with Crippen LogP contribution in [-0.4, -0.2) is 25.0 Å². The standard InChI is InChI=1S/C10H13NO3/c1-14-10(13)8-6-4-2-3-5-7(6)9(12)11-8/h2-3,6-8H,4-5H2,1H3,(H,11,12). The van der Waals surface area contributed by atoms with Crippen LogP contribution >= 0.6 is 0 Å². The van der Waals surface area contributed by atoms with Crippen LogP contribution in [0.1, 0.15) is 12.8 Å². The van der Waals surface area contributed by atoms with E-state index in [-0.39, 0.29) is 23.7 Å². The third-order valence-electron chi connectivity index (χ3n) is 3.00. The zero-order valence-corrected chi connectivity index (χ0v) is 8.03. The summed E-state index contributed by atoms with van der Waals surface area (Å²) >= 11 is 0. The van der Waals surface area contributed by atoms with Crippen molar-refractivity contribution in [3.05, 3.63) is 12.2 Å². The van der Waals surface area contributed by atoms with E-state index in [0.717, 1.165) is 12.8 Å². The summed E-state index contributed by atoms with van der Waals surface area (Å²) in [5, 5.41) is 2.69. The maximum Gasteiger partial charge on any atom is 0.328 e. The highest BCUT2D eigenvalue weighted by Gasteiger charge is 2.45. The first kappa shape index (κ1) is 9.24. The molecular weight excluding hydrogens is 182 g/mol. The molecule has 0 saturated carbocycles. The van der Waals surface area contributed by atoms with E-state index < -0.39 is 6.04 Å². The van der Waals surface area contributed by atoms with Crippen molar-refractivity contribution >= 4 is 11.9 Å². The van der Waals surface area contributed by atoms with Gasteiger partial charge in [-0.2, -0.15) is 0 Å². The van der Waals surface area contributed by atoms with E-state index in [4.69, 9.17) is 0 Å². The number of ether oxygens (including phenoxy) is 1. The molecule has 1 saturated heterocycles. The van der Waals surface area contributed by atoms with Gasteiger partial charge < -0.3 is 10.1 Å². The van der Waals surface area contributed by atoms with Crippen LogP contribution in [0.2, 0.25) is 0 Å². The van der Waals surface area contributed by atoms with E-state index in [2.05, 4.69) is 10.1 Å². The van der Waals surface area contributed by atoms with Crippen LogP contribution in [0.5, 0.6) is 0 Å². The lowest BCUT2D eigenvalue weighted by molar-refractivity contribution is -0.144. The lowest BCUT2D eigenvalue weighted by Gasteiger charge is -2.21. The normalized spacial score (nSPS) is 34.9. The first-order chi connectivity index (χ1) is 6.74. The average molecular weight is 195 g/mol. The smallest absolute Gasteiger partial charge is 0.328 e. The minimum Gasteiger partial charge on any atom is -0.467 e. The summed E-state index contributed by atoms with van der Waals surface area (Å²) in [6.07, 6.45) is 5.55. The molecular formula is C10H13NO3. The van der Waals surface area contributed by atoms with Crippen LogP contribution in [-0.2, 0) is 14.3 Å². The predicted molar refractivity (Wildman–Crippen MR) is 49.3 cm³/mol. The molecule has 3 unspecified atom stereocenters. The van der Waals surface area contributed by atoms with Crippen molar-refractivity contribution in [2.75, 3.05) is 7.11 Å². The molecule has 0 radical (unpaired) electrons. The summed E-state index contributed by atoms with van der Waals surface area (Å²) in [5.41, 5.74) is 0. The molecule has 1 amide bonds. The minimum atomic E-state index is -0.442. The molecule has 0 bridgehead atoms. The maximum atomic E-state index is 11.5. The van der Waals surface area contributed by atoms with Gasteiger partial charge in [0.25, 0.3) is 0 Å². The lowest BCUT2D eigenvalue weighted by Crippen LogP contribution is -2.37. The molecule has 1 aliphatic carbocycles. The number of fused-ring (bicyclic) bond motifs is 1. The second kappa shape index (κ2) is 3.44. The highest BCUT2D eigenvalue weighted by molar-refractivity contribution is 5.90. The molecule has 1 fully saturated rings. The van der Waals surface area contributed by atoms with Gasteiger partial charge in [0.05, 0.1) is 7.11 Å². The summed E-state index contributed by atoms with van der Waals surface area (Å²) in [7, 11) is 1.35. The number of carbonyl (C=O) groups is 2. The number of hydrogen-bond acceptors (Lipinski definition) is 3. The Labute approximate surface area is 82.3 Å². The van der Waals surface area contributed by atoms with E-state index >= 15 is 0 Å². The van der Waals surface area contributed by atoms with Crippen molar-refractivity contribution in [3.63, 3.8) is 0 Å². The van der Waals surface area contributed by atoms with Crippen LogP contribution in [0.3, 0.4) is 0 Å². The molecule has 14 heavy (non-hydrogen) atoms. The Balaban J connectivity index is 2.18. The second-order valence-corrected chi connectivity index (χ2v) is 3.72. The quantitative estimate of drug-likeness (QED) is 0.481. The fourth-order valence-electron chi connectivity index (χ4n) is 2.23. The van der Waals surface area contributed by atoms with Gasteiger partial charge in [0.15, 0.2) is 0 Å². The molecule has 0 spiro atoms. The average Bonchev–Trinajstić information content (AvgIpc) is 2.56. The van der Waals surface area contributed by atoms with Gasteiger partial charge in [0.2, 0.25) is 5.91 Å². The molecule has 4 heteroatoms. The van der Waals surface area contributed by atoms with E-state index in [0.29, 0.717) is 0 Å². The van der Waals surface area contributed by atoms with Gasteiger partial charge in [-0.1, -0.05) is 12.2 Å². The molecule has 1 N–H and O–H groups in total. The molecule has 0 aromatic heterocycles. The molecule has 1 heterocycles.